The first kappa shape index (κ1) is 11.9. The molecule has 1 fully saturated rings. The number of carbonyl (C=O) groups is 1. The van der Waals surface area contributed by atoms with Crippen molar-refractivity contribution < 1.29 is 9.53 Å². The van der Waals surface area contributed by atoms with E-state index in [0.29, 0.717) is 12.8 Å². The molecule has 2 rings (SSSR count). The lowest BCUT2D eigenvalue weighted by molar-refractivity contribution is -0.123. The first-order chi connectivity index (χ1) is 7.99. The Morgan fingerprint density at radius 1 is 1.41 bits per heavy atom. The number of ether oxygens (including phenoxy) is 1. The van der Waals surface area contributed by atoms with Gasteiger partial charge in [-0.05, 0) is 31.9 Å². The molecule has 1 aromatic rings. The molecular weight excluding hydrogens is 216 g/mol. The monoisotopic (exact) mass is 234 g/mol. The third kappa shape index (κ3) is 2.58. The van der Waals surface area contributed by atoms with Gasteiger partial charge in [0.25, 0.3) is 0 Å². The lowest BCUT2D eigenvalue weighted by Crippen LogP contribution is -2.50. The zero-order valence-electron chi connectivity index (χ0n) is 9.98. The molecule has 1 aliphatic carbocycles. The molecule has 0 radical (unpaired) electrons. The second-order valence-electron chi connectivity index (χ2n) is 4.82. The minimum Gasteiger partial charge on any atom is -0.490 e. The van der Waals surface area contributed by atoms with Gasteiger partial charge in [0.2, 0.25) is 5.91 Å². The summed E-state index contributed by atoms with van der Waals surface area (Å²) >= 11 is 0. The number of amides is 1. The van der Waals surface area contributed by atoms with E-state index < -0.39 is 11.4 Å². The standard InChI is InChI=1S/C13H18N2O2/c1-9-2-4-10(5-3-9)17-11-6-7-13(15,8-11)12(14)16/h2-5,11H,6-8,15H2,1H3,(H2,14,16). The normalized spacial score (nSPS) is 28.0. The van der Waals surface area contributed by atoms with Gasteiger partial charge < -0.3 is 16.2 Å². The SMILES string of the molecule is Cc1ccc(OC2CCC(N)(C(N)=O)C2)cc1. The Morgan fingerprint density at radius 2 is 2.06 bits per heavy atom. The van der Waals surface area contributed by atoms with E-state index in [4.69, 9.17) is 16.2 Å². The highest BCUT2D eigenvalue weighted by Gasteiger charge is 2.41. The van der Waals surface area contributed by atoms with Crippen LogP contribution in [0.5, 0.6) is 5.75 Å². The number of rotatable bonds is 3. The summed E-state index contributed by atoms with van der Waals surface area (Å²) in [5, 5.41) is 0. The molecule has 0 aromatic heterocycles. The van der Waals surface area contributed by atoms with E-state index >= 15 is 0 Å². The van der Waals surface area contributed by atoms with Crippen LogP contribution in [0.2, 0.25) is 0 Å². The molecule has 92 valence electrons. The van der Waals surface area contributed by atoms with Crippen LogP contribution in [-0.2, 0) is 4.79 Å². The lowest BCUT2D eigenvalue weighted by Gasteiger charge is -2.19. The summed E-state index contributed by atoms with van der Waals surface area (Å²) in [6.45, 7) is 2.03. The molecule has 4 N–H and O–H groups in total. The van der Waals surface area contributed by atoms with Crippen LogP contribution in [-0.4, -0.2) is 17.6 Å². The van der Waals surface area contributed by atoms with Gasteiger partial charge in [0.1, 0.15) is 11.9 Å². The number of nitrogens with two attached hydrogens (primary N) is 2. The highest BCUT2D eigenvalue weighted by atomic mass is 16.5. The van der Waals surface area contributed by atoms with Crippen LogP contribution in [0, 0.1) is 6.92 Å². The highest BCUT2D eigenvalue weighted by molar-refractivity contribution is 5.84. The van der Waals surface area contributed by atoms with Gasteiger partial charge >= 0.3 is 0 Å². The number of hydrogen-bond donors (Lipinski definition) is 2. The Morgan fingerprint density at radius 3 is 2.59 bits per heavy atom. The molecule has 1 aromatic carbocycles. The molecule has 0 spiro atoms. The third-order valence-electron chi connectivity index (χ3n) is 3.32. The number of aryl methyl sites for hydroxylation is 1. The van der Waals surface area contributed by atoms with Gasteiger partial charge in [0, 0.05) is 6.42 Å². The van der Waals surface area contributed by atoms with Crippen LogP contribution >= 0.6 is 0 Å². The van der Waals surface area contributed by atoms with E-state index in [0.717, 1.165) is 12.2 Å². The molecule has 0 aliphatic heterocycles. The van der Waals surface area contributed by atoms with E-state index in [1.54, 1.807) is 0 Å². The number of benzene rings is 1. The van der Waals surface area contributed by atoms with Gasteiger partial charge in [0.05, 0.1) is 5.54 Å². The fourth-order valence-electron chi connectivity index (χ4n) is 2.16. The molecule has 4 nitrogen and oxygen atoms in total. The summed E-state index contributed by atoms with van der Waals surface area (Å²) < 4.78 is 5.79. The zero-order chi connectivity index (χ0) is 12.5. The molecule has 1 saturated carbocycles. The summed E-state index contributed by atoms with van der Waals surface area (Å²) in [5.74, 6) is 0.377. The van der Waals surface area contributed by atoms with Crippen LogP contribution in [0.25, 0.3) is 0 Å². The lowest BCUT2D eigenvalue weighted by atomic mass is 9.99. The van der Waals surface area contributed by atoms with Crippen molar-refractivity contribution in [1.29, 1.82) is 0 Å². The fourth-order valence-corrected chi connectivity index (χ4v) is 2.16. The smallest absolute Gasteiger partial charge is 0.237 e. The Bertz CT molecular complexity index is 416. The van der Waals surface area contributed by atoms with Crippen molar-refractivity contribution in [2.75, 3.05) is 0 Å². The average molecular weight is 234 g/mol. The summed E-state index contributed by atoms with van der Waals surface area (Å²) in [7, 11) is 0. The maximum absolute atomic E-state index is 11.2. The van der Waals surface area contributed by atoms with Crippen molar-refractivity contribution in [3.8, 4) is 5.75 Å². The van der Waals surface area contributed by atoms with Gasteiger partial charge in [-0.15, -0.1) is 0 Å². The first-order valence-corrected chi connectivity index (χ1v) is 5.82. The minimum atomic E-state index is -0.893. The third-order valence-corrected chi connectivity index (χ3v) is 3.32. The van der Waals surface area contributed by atoms with E-state index in [2.05, 4.69) is 0 Å². The molecule has 2 unspecified atom stereocenters. The van der Waals surface area contributed by atoms with E-state index in [1.165, 1.54) is 5.56 Å². The summed E-state index contributed by atoms with van der Waals surface area (Å²) in [5.41, 5.74) is 11.5. The minimum absolute atomic E-state index is 0.0183. The number of carbonyl (C=O) groups excluding carboxylic acids is 1. The molecule has 1 aliphatic rings. The quantitative estimate of drug-likeness (QED) is 0.822. The van der Waals surface area contributed by atoms with Crippen molar-refractivity contribution in [3.63, 3.8) is 0 Å². The van der Waals surface area contributed by atoms with Crippen molar-refractivity contribution in [2.24, 2.45) is 11.5 Å². The van der Waals surface area contributed by atoms with Crippen LogP contribution in [0.3, 0.4) is 0 Å². The fraction of sp³-hybridized carbons (Fsp3) is 0.462. The van der Waals surface area contributed by atoms with Crippen LogP contribution < -0.4 is 16.2 Å². The molecule has 17 heavy (non-hydrogen) atoms. The zero-order valence-corrected chi connectivity index (χ0v) is 9.98. The second-order valence-corrected chi connectivity index (χ2v) is 4.82. The van der Waals surface area contributed by atoms with Gasteiger partial charge in [-0.25, -0.2) is 0 Å². The molecule has 0 bridgehead atoms. The Balaban J connectivity index is 1.98. The largest absolute Gasteiger partial charge is 0.490 e. The highest BCUT2D eigenvalue weighted by Crippen LogP contribution is 2.30. The van der Waals surface area contributed by atoms with Crippen LogP contribution in [0.4, 0.5) is 0 Å². The number of hydrogen-bond acceptors (Lipinski definition) is 3. The first-order valence-electron chi connectivity index (χ1n) is 5.82. The van der Waals surface area contributed by atoms with Gasteiger partial charge in [-0.1, -0.05) is 17.7 Å². The molecular formula is C13H18N2O2. The van der Waals surface area contributed by atoms with E-state index in [1.807, 2.05) is 31.2 Å². The van der Waals surface area contributed by atoms with Crippen LogP contribution in [0.1, 0.15) is 24.8 Å². The maximum Gasteiger partial charge on any atom is 0.237 e. The number of primary amides is 1. The molecule has 0 saturated heterocycles. The summed E-state index contributed by atoms with van der Waals surface area (Å²) in [6, 6.07) is 7.84. The van der Waals surface area contributed by atoms with Gasteiger partial charge in [0.15, 0.2) is 0 Å². The maximum atomic E-state index is 11.2. The van der Waals surface area contributed by atoms with Gasteiger partial charge in [-0.3, -0.25) is 4.79 Å². The second kappa shape index (κ2) is 4.37. The van der Waals surface area contributed by atoms with Crippen molar-refractivity contribution in [1.82, 2.24) is 0 Å². The predicted octanol–water partition coefficient (Wildman–Crippen LogP) is 1.11. The van der Waals surface area contributed by atoms with Crippen molar-refractivity contribution in [3.05, 3.63) is 29.8 Å². The topological polar surface area (TPSA) is 78.3 Å². The summed E-state index contributed by atoms with van der Waals surface area (Å²) in [6.07, 6.45) is 1.85. The van der Waals surface area contributed by atoms with Crippen molar-refractivity contribution >= 4 is 5.91 Å². The van der Waals surface area contributed by atoms with E-state index in [9.17, 15) is 4.79 Å². The van der Waals surface area contributed by atoms with Crippen molar-refractivity contribution in [2.45, 2.75) is 37.8 Å². The Kier molecular flexibility index (Phi) is 3.07. The molecule has 1 amide bonds. The van der Waals surface area contributed by atoms with Gasteiger partial charge in [-0.2, -0.15) is 0 Å². The Hall–Kier alpha value is -1.55. The summed E-state index contributed by atoms with van der Waals surface area (Å²) in [4.78, 5) is 11.2. The molecule has 4 heteroatoms. The Labute approximate surface area is 101 Å². The van der Waals surface area contributed by atoms with E-state index in [-0.39, 0.29) is 6.10 Å². The predicted molar refractivity (Wildman–Crippen MR) is 65.6 cm³/mol. The average Bonchev–Trinajstić information content (AvgIpc) is 2.65. The molecule has 0 heterocycles. The molecule has 2 atom stereocenters. The van der Waals surface area contributed by atoms with Crippen LogP contribution in [0.15, 0.2) is 24.3 Å².